The zero-order chi connectivity index (χ0) is 13.2. The van der Waals surface area contributed by atoms with E-state index in [1.54, 1.807) is 18.4 Å². The van der Waals surface area contributed by atoms with Crippen LogP contribution in [0.1, 0.15) is 17.1 Å². The Bertz CT molecular complexity index is 502. The summed E-state index contributed by atoms with van der Waals surface area (Å²) >= 11 is 0. The minimum Gasteiger partial charge on any atom is -0.468 e. The minimum absolute atomic E-state index is 0.292. The summed E-state index contributed by atoms with van der Waals surface area (Å²) in [6, 6.07) is 4.58. The number of hydrogen-bond donors (Lipinski definition) is 1. The largest absolute Gasteiger partial charge is 0.468 e. The number of hydrogen-bond acceptors (Lipinski definition) is 3. The number of halogens is 3. The molecule has 0 atom stereocenters. The normalized spacial score (nSPS) is 12.0. The average molecular weight is 259 g/mol. The van der Waals surface area contributed by atoms with E-state index in [4.69, 9.17) is 4.42 Å². The zero-order valence-electron chi connectivity index (χ0n) is 9.66. The van der Waals surface area contributed by atoms with Gasteiger partial charge in [0.15, 0.2) is 5.69 Å². The van der Waals surface area contributed by atoms with Crippen LogP contribution in [0.15, 0.2) is 28.9 Å². The molecule has 98 valence electrons. The second-order valence-corrected chi connectivity index (χ2v) is 3.83. The van der Waals surface area contributed by atoms with Gasteiger partial charge in [-0.25, -0.2) is 0 Å². The third-order valence-electron chi connectivity index (χ3n) is 2.45. The summed E-state index contributed by atoms with van der Waals surface area (Å²) in [6.07, 6.45) is -2.86. The summed E-state index contributed by atoms with van der Waals surface area (Å²) in [7, 11) is 1.49. The van der Waals surface area contributed by atoms with Crippen molar-refractivity contribution in [2.24, 2.45) is 7.05 Å². The summed E-state index contributed by atoms with van der Waals surface area (Å²) in [5.74, 6) is 0.730. The molecule has 0 aliphatic carbocycles. The first-order chi connectivity index (χ1) is 8.47. The fourth-order valence-electron chi connectivity index (χ4n) is 1.54. The lowest BCUT2D eigenvalue weighted by Crippen LogP contribution is -2.14. The van der Waals surface area contributed by atoms with Crippen molar-refractivity contribution in [1.29, 1.82) is 0 Å². The quantitative estimate of drug-likeness (QED) is 0.916. The smallest absolute Gasteiger partial charge is 0.435 e. The van der Waals surface area contributed by atoms with Crippen LogP contribution in [-0.4, -0.2) is 9.78 Å². The standard InChI is InChI=1S/C11H12F3N3O/c1-17-8(5-10(16-17)11(12,13)14)6-15-7-9-3-2-4-18-9/h2-5,15H,6-7H2,1H3. The van der Waals surface area contributed by atoms with Gasteiger partial charge >= 0.3 is 6.18 Å². The average Bonchev–Trinajstić information content (AvgIpc) is 2.88. The fourth-order valence-corrected chi connectivity index (χ4v) is 1.54. The van der Waals surface area contributed by atoms with Crippen LogP contribution in [-0.2, 0) is 26.3 Å². The highest BCUT2D eigenvalue weighted by Gasteiger charge is 2.34. The topological polar surface area (TPSA) is 43.0 Å². The van der Waals surface area contributed by atoms with Gasteiger partial charge < -0.3 is 9.73 Å². The van der Waals surface area contributed by atoms with Crippen LogP contribution >= 0.6 is 0 Å². The molecule has 0 amide bonds. The summed E-state index contributed by atoms with van der Waals surface area (Å²) < 4.78 is 43.6. The van der Waals surface area contributed by atoms with Gasteiger partial charge in [-0.15, -0.1) is 0 Å². The molecular weight excluding hydrogens is 247 g/mol. The van der Waals surface area contributed by atoms with Crippen molar-refractivity contribution in [3.8, 4) is 0 Å². The predicted octanol–water partition coefficient (Wildman–Crippen LogP) is 2.32. The van der Waals surface area contributed by atoms with E-state index in [-0.39, 0.29) is 0 Å². The molecule has 0 unspecified atom stereocenters. The second kappa shape index (κ2) is 4.85. The predicted molar refractivity (Wildman–Crippen MR) is 57.5 cm³/mol. The van der Waals surface area contributed by atoms with E-state index >= 15 is 0 Å². The van der Waals surface area contributed by atoms with Crippen molar-refractivity contribution >= 4 is 0 Å². The molecular formula is C11H12F3N3O. The molecule has 4 nitrogen and oxygen atoms in total. The summed E-state index contributed by atoms with van der Waals surface area (Å²) in [5, 5.41) is 6.41. The van der Waals surface area contributed by atoms with Gasteiger partial charge in [0.25, 0.3) is 0 Å². The lowest BCUT2D eigenvalue weighted by atomic mass is 10.3. The van der Waals surface area contributed by atoms with E-state index in [1.807, 2.05) is 0 Å². The van der Waals surface area contributed by atoms with Crippen molar-refractivity contribution in [1.82, 2.24) is 15.1 Å². The van der Waals surface area contributed by atoms with Gasteiger partial charge in [0.2, 0.25) is 0 Å². The van der Waals surface area contributed by atoms with E-state index in [0.717, 1.165) is 11.8 Å². The van der Waals surface area contributed by atoms with Gasteiger partial charge in [0.05, 0.1) is 18.5 Å². The number of alkyl halides is 3. The van der Waals surface area contributed by atoms with Gasteiger partial charge in [-0.2, -0.15) is 18.3 Å². The van der Waals surface area contributed by atoms with Gasteiger partial charge in [-0.1, -0.05) is 0 Å². The number of furan rings is 1. The molecule has 7 heteroatoms. The molecule has 0 aliphatic rings. The fraction of sp³-hybridized carbons (Fsp3) is 0.364. The summed E-state index contributed by atoms with van der Waals surface area (Å²) in [4.78, 5) is 0. The number of aryl methyl sites for hydroxylation is 1. The van der Waals surface area contributed by atoms with Crippen LogP contribution < -0.4 is 5.32 Å². The number of aromatic nitrogens is 2. The monoisotopic (exact) mass is 259 g/mol. The Morgan fingerprint density at radius 1 is 1.39 bits per heavy atom. The van der Waals surface area contributed by atoms with E-state index in [2.05, 4.69) is 10.4 Å². The highest BCUT2D eigenvalue weighted by atomic mass is 19.4. The molecule has 0 bridgehead atoms. The maximum Gasteiger partial charge on any atom is 0.435 e. The van der Waals surface area contributed by atoms with Gasteiger partial charge in [0, 0.05) is 13.6 Å². The summed E-state index contributed by atoms with van der Waals surface area (Å²) in [6.45, 7) is 0.750. The molecule has 0 radical (unpaired) electrons. The van der Waals surface area contributed by atoms with Crippen LogP contribution in [0.2, 0.25) is 0 Å². The van der Waals surface area contributed by atoms with Crippen LogP contribution in [0.4, 0.5) is 13.2 Å². The number of nitrogens with one attached hydrogen (secondary N) is 1. The Morgan fingerprint density at radius 2 is 2.17 bits per heavy atom. The van der Waals surface area contributed by atoms with Crippen molar-refractivity contribution < 1.29 is 17.6 Å². The van der Waals surface area contributed by atoms with E-state index in [1.165, 1.54) is 11.7 Å². The van der Waals surface area contributed by atoms with Gasteiger partial charge in [0.1, 0.15) is 5.76 Å². The molecule has 0 aliphatic heterocycles. The first-order valence-corrected chi connectivity index (χ1v) is 5.30. The van der Waals surface area contributed by atoms with Crippen molar-refractivity contribution in [3.05, 3.63) is 41.6 Å². The van der Waals surface area contributed by atoms with Crippen LogP contribution in [0.5, 0.6) is 0 Å². The molecule has 0 spiro atoms. The first kappa shape index (κ1) is 12.7. The molecule has 0 aromatic carbocycles. The Balaban J connectivity index is 1.95. The number of nitrogens with zero attached hydrogens (tertiary/aromatic N) is 2. The van der Waals surface area contributed by atoms with Crippen LogP contribution in [0.25, 0.3) is 0 Å². The Labute approximate surface area is 101 Å². The highest BCUT2D eigenvalue weighted by Crippen LogP contribution is 2.28. The van der Waals surface area contributed by atoms with Crippen molar-refractivity contribution in [2.75, 3.05) is 0 Å². The molecule has 0 fully saturated rings. The Hall–Kier alpha value is -1.76. The number of rotatable bonds is 4. The summed E-state index contributed by atoms with van der Waals surface area (Å²) in [5.41, 5.74) is -0.409. The molecule has 2 aromatic rings. The molecule has 1 N–H and O–H groups in total. The molecule has 0 saturated carbocycles. The van der Waals surface area contributed by atoms with Crippen LogP contribution in [0.3, 0.4) is 0 Å². The Kier molecular flexibility index (Phi) is 3.42. The van der Waals surface area contributed by atoms with Crippen molar-refractivity contribution in [3.63, 3.8) is 0 Å². The van der Waals surface area contributed by atoms with Gasteiger partial charge in [-0.05, 0) is 18.2 Å². The molecule has 0 saturated heterocycles. The maximum atomic E-state index is 12.4. The van der Waals surface area contributed by atoms with Crippen molar-refractivity contribution in [2.45, 2.75) is 19.3 Å². The highest BCUT2D eigenvalue weighted by molar-refractivity contribution is 5.13. The lowest BCUT2D eigenvalue weighted by Gasteiger charge is -2.02. The SMILES string of the molecule is Cn1nc(C(F)(F)F)cc1CNCc1ccco1. The van der Waals surface area contributed by atoms with Gasteiger partial charge in [-0.3, -0.25) is 4.68 Å². The molecule has 18 heavy (non-hydrogen) atoms. The molecule has 2 aromatic heterocycles. The minimum atomic E-state index is -4.41. The maximum absolute atomic E-state index is 12.4. The molecule has 2 heterocycles. The third kappa shape index (κ3) is 2.92. The van der Waals surface area contributed by atoms with Crippen LogP contribution in [0, 0.1) is 0 Å². The first-order valence-electron chi connectivity index (χ1n) is 5.30. The third-order valence-corrected chi connectivity index (χ3v) is 2.45. The van der Waals surface area contributed by atoms with E-state index < -0.39 is 11.9 Å². The van der Waals surface area contributed by atoms with E-state index in [9.17, 15) is 13.2 Å². The second-order valence-electron chi connectivity index (χ2n) is 3.83. The van der Waals surface area contributed by atoms with E-state index in [0.29, 0.717) is 18.8 Å². The zero-order valence-corrected chi connectivity index (χ0v) is 9.66. The Morgan fingerprint density at radius 3 is 2.72 bits per heavy atom. The molecule has 2 rings (SSSR count). The lowest BCUT2D eigenvalue weighted by molar-refractivity contribution is -0.141.